The molecule has 1 aromatic rings. The van der Waals surface area contributed by atoms with Gasteiger partial charge < -0.3 is 25.2 Å². The molecule has 0 aromatic carbocycles. The van der Waals surface area contributed by atoms with E-state index in [0.29, 0.717) is 24.5 Å². The van der Waals surface area contributed by atoms with Gasteiger partial charge in [-0.25, -0.2) is 23.2 Å². The van der Waals surface area contributed by atoms with Crippen LogP contribution >= 0.6 is 11.6 Å². The van der Waals surface area contributed by atoms with Crippen molar-refractivity contribution < 1.29 is 32.3 Å². The maximum atomic E-state index is 14.3. The minimum absolute atomic E-state index is 0.0232. The Balaban J connectivity index is 1.41. The van der Waals surface area contributed by atoms with Crippen molar-refractivity contribution in [2.75, 3.05) is 18.1 Å². The molecule has 3 N–H and O–H groups in total. The molecular weight excluding hydrogens is 638 g/mol. The average molecular weight is 680 g/mol. The first-order valence-electron chi connectivity index (χ1n) is 15.6. The van der Waals surface area contributed by atoms with Crippen LogP contribution in [0.1, 0.15) is 71.5 Å². The van der Waals surface area contributed by atoms with Crippen LogP contribution < -0.4 is 20.3 Å². The standard InChI is InChI=1S/C30H42ClN7O7S/c1-6-18-14-30(18,27(41)36-46(43,44)20-11-12-20)35-25(39)21-15-37(23-13-22(31)32-17(2)33-23)16-38(21)26(40)24(29(3,4)5)34-28(42)45-19-9-7-8-10-19/h6,13,18-21,24H,1,7-12,14-16H2,2-5H3,(H,34,42)(H,35,39)(H,36,41)/t18-,21+,24-,30-/m1/s1. The van der Waals surface area contributed by atoms with Gasteiger partial charge in [-0.2, -0.15) is 0 Å². The Hall–Kier alpha value is -3.46. The maximum Gasteiger partial charge on any atom is 0.408 e. The van der Waals surface area contributed by atoms with Crippen molar-refractivity contribution in [1.29, 1.82) is 0 Å². The smallest absolute Gasteiger partial charge is 0.408 e. The van der Waals surface area contributed by atoms with Crippen LogP contribution in [0.2, 0.25) is 5.15 Å². The predicted molar refractivity (Wildman–Crippen MR) is 169 cm³/mol. The summed E-state index contributed by atoms with van der Waals surface area (Å²) in [5, 5.41) is 5.04. The molecule has 252 valence electrons. The highest BCUT2D eigenvalue weighted by Crippen LogP contribution is 2.45. The van der Waals surface area contributed by atoms with Crippen molar-refractivity contribution in [3.8, 4) is 0 Å². The fourth-order valence-corrected chi connectivity index (χ4v) is 7.67. The highest BCUT2D eigenvalue weighted by atomic mass is 35.5. The first kappa shape index (κ1) is 33.9. The van der Waals surface area contributed by atoms with Crippen molar-refractivity contribution in [3.63, 3.8) is 0 Å². The number of aryl methyl sites for hydroxylation is 1. The lowest BCUT2D eigenvalue weighted by molar-refractivity contribution is -0.142. The lowest BCUT2D eigenvalue weighted by Gasteiger charge is -2.35. The van der Waals surface area contributed by atoms with Crippen molar-refractivity contribution >= 4 is 51.3 Å². The zero-order valence-electron chi connectivity index (χ0n) is 26.5. The van der Waals surface area contributed by atoms with Crippen molar-refractivity contribution in [1.82, 2.24) is 30.2 Å². The summed E-state index contributed by atoms with van der Waals surface area (Å²) in [5.74, 6) is -1.79. The molecule has 4 fully saturated rings. The number of sulfonamides is 1. The van der Waals surface area contributed by atoms with Gasteiger partial charge in [0.05, 0.1) is 18.5 Å². The van der Waals surface area contributed by atoms with E-state index in [9.17, 15) is 27.6 Å². The summed E-state index contributed by atoms with van der Waals surface area (Å²) in [7, 11) is -3.88. The number of ether oxygens (including phenoxy) is 1. The van der Waals surface area contributed by atoms with Crippen LogP contribution in [0.4, 0.5) is 10.6 Å². The number of halogens is 1. The van der Waals surface area contributed by atoms with Gasteiger partial charge in [0.25, 0.3) is 5.91 Å². The van der Waals surface area contributed by atoms with E-state index in [1.807, 2.05) is 0 Å². The maximum absolute atomic E-state index is 14.3. The molecule has 16 heteroatoms. The number of carbonyl (C=O) groups is 4. The molecule has 4 atom stereocenters. The number of anilines is 1. The number of hydrogen-bond acceptors (Lipinski definition) is 10. The molecule has 4 aliphatic rings. The fourth-order valence-electron chi connectivity index (χ4n) is 6.08. The van der Waals surface area contributed by atoms with Crippen LogP contribution in [0, 0.1) is 18.3 Å². The van der Waals surface area contributed by atoms with E-state index in [2.05, 4.69) is 31.9 Å². The summed E-state index contributed by atoms with van der Waals surface area (Å²) in [4.78, 5) is 66.2. The number of alkyl carbamates (subject to hydrolysis) is 1. The van der Waals surface area contributed by atoms with E-state index in [0.717, 1.165) is 25.7 Å². The van der Waals surface area contributed by atoms with Gasteiger partial charge in [0.15, 0.2) is 0 Å². The molecule has 0 spiro atoms. The minimum Gasteiger partial charge on any atom is -0.446 e. The molecular formula is C30H42ClN7O7S. The lowest BCUT2D eigenvalue weighted by atomic mass is 9.85. The second-order valence-corrected chi connectivity index (χ2v) is 16.1. The quantitative estimate of drug-likeness (QED) is 0.245. The summed E-state index contributed by atoms with van der Waals surface area (Å²) in [6, 6.07) is -0.701. The van der Waals surface area contributed by atoms with Crippen LogP contribution in [0.5, 0.6) is 0 Å². The second kappa shape index (κ2) is 12.6. The Kier molecular flexibility index (Phi) is 9.30. The highest BCUT2D eigenvalue weighted by Gasteiger charge is 2.62. The molecule has 1 saturated heterocycles. The number of amides is 4. The number of nitrogens with zero attached hydrogens (tertiary/aromatic N) is 4. The molecule has 0 unspecified atom stereocenters. The van der Waals surface area contributed by atoms with E-state index in [1.165, 1.54) is 17.0 Å². The van der Waals surface area contributed by atoms with E-state index >= 15 is 0 Å². The van der Waals surface area contributed by atoms with Gasteiger partial charge in [-0.3, -0.25) is 19.1 Å². The van der Waals surface area contributed by atoms with Crippen molar-refractivity contribution in [2.24, 2.45) is 11.3 Å². The fraction of sp³-hybridized carbons (Fsp3) is 0.667. The van der Waals surface area contributed by atoms with E-state index in [4.69, 9.17) is 16.3 Å². The Bertz CT molecular complexity index is 1500. The number of hydrogen-bond donors (Lipinski definition) is 3. The first-order chi connectivity index (χ1) is 21.5. The Morgan fingerprint density at radius 2 is 1.83 bits per heavy atom. The van der Waals surface area contributed by atoms with Crippen LogP contribution in [-0.4, -0.2) is 89.3 Å². The largest absolute Gasteiger partial charge is 0.446 e. The summed E-state index contributed by atoms with van der Waals surface area (Å²) >= 11 is 6.20. The van der Waals surface area contributed by atoms with Gasteiger partial charge >= 0.3 is 6.09 Å². The summed E-state index contributed by atoms with van der Waals surface area (Å²) < 4.78 is 32.9. The monoisotopic (exact) mass is 679 g/mol. The van der Waals surface area contributed by atoms with Gasteiger partial charge in [0.1, 0.15) is 40.5 Å². The lowest BCUT2D eigenvalue weighted by Crippen LogP contribution is -2.60. The van der Waals surface area contributed by atoms with Gasteiger partial charge in [-0.15, -0.1) is 6.58 Å². The van der Waals surface area contributed by atoms with Crippen LogP contribution in [0.3, 0.4) is 0 Å². The molecule has 3 aliphatic carbocycles. The molecule has 3 saturated carbocycles. The van der Waals surface area contributed by atoms with Crippen molar-refractivity contribution in [2.45, 2.75) is 102 Å². The third kappa shape index (κ3) is 7.24. The Labute approximate surface area is 274 Å². The zero-order valence-corrected chi connectivity index (χ0v) is 28.1. The second-order valence-electron chi connectivity index (χ2n) is 13.7. The molecule has 14 nitrogen and oxygen atoms in total. The summed E-state index contributed by atoms with van der Waals surface area (Å²) in [6.07, 6.45) is 5.09. The first-order valence-corrected chi connectivity index (χ1v) is 17.5. The normalized spacial score (nSPS) is 25.5. The van der Waals surface area contributed by atoms with Gasteiger partial charge in [0.2, 0.25) is 21.8 Å². The number of nitrogens with one attached hydrogen (secondary N) is 3. The third-order valence-corrected chi connectivity index (χ3v) is 11.0. The molecule has 46 heavy (non-hydrogen) atoms. The van der Waals surface area contributed by atoms with Crippen LogP contribution in [0.15, 0.2) is 18.7 Å². The topological polar surface area (TPSA) is 180 Å². The highest BCUT2D eigenvalue weighted by molar-refractivity contribution is 7.91. The molecule has 4 amide bonds. The zero-order chi connectivity index (χ0) is 33.6. The average Bonchev–Trinajstić information content (AvgIpc) is 3.83. The third-order valence-electron chi connectivity index (χ3n) is 9.00. The van der Waals surface area contributed by atoms with Crippen LogP contribution in [0.25, 0.3) is 0 Å². The van der Waals surface area contributed by atoms with Gasteiger partial charge in [-0.1, -0.05) is 38.4 Å². The van der Waals surface area contributed by atoms with E-state index in [1.54, 1.807) is 32.6 Å². The van der Waals surface area contributed by atoms with Crippen molar-refractivity contribution in [3.05, 3.63) is 29.7 Å². The molecule has 0 bridgehead atoms. The number of carbonyl (C=O) groups excluding carboxylic acids is 4. The Morgan fingerprint density at radius 3 is 2.39 bits per heavy atom. The van der Waals surface area contributed by atoms with Crippen LogP contribution in [-0.2, 0) is 29.1 Å². The number of rotatable bonds is 10. The van der Waals surface area contributed by atoms with Gasteiger partial charge in [0, 0.05) is 12.0 Å². The molecule has 1 aromatic heterocycles. The summed E-state index contributed by atoms with van der Waals surface area (Å²) in [6.45, 7) is 10.7. The van der Waals surface area contributed by atoms with E-state index in [-0.39, 0.29) is 30.9 Å². The Morgan fingerprint density at radius 1 is 1.15 bits per heavy atom. The SMILES string of the molecule is C=C[C@@H]1C[C@]1(NC(=O)[C@@H]1CN(c2cc(Cl)nc(C)n2)CN1C(=O)[C@@H](NC(=O)OC1CCCC1)C(C)(C)C)C(=O)NS(=O)(=O)C1CC1. The number of aromatic nitrogens is 2. The predicted octanol–water partition coefficient (Wildman–Crippen LogP) is 2.17. The molecule has 2 heterocycles. The molecule has 1 aliphatic heterocycles. The molecule has 5 rings (SSSR count). The minimum atomic E-state index is -3.88. The van der Waals surface area contributed by atoms with Gasteiger partial charge in [-0.05, 0) is 57.3 Å². The van der Waals surface area contributed by atoms with E-state index < -0.39 is 68.0 Å². The molecule has 0 radical (unpaired) electrons. The summed E-state index contributed by atoms with van der Waals surface area (Å²) in [5.41, 5.74) is -2.32.